The molecule has 7 heteroatoms. The largest absolute Gasteiger partial charge is 0.354 e. The molecule has 0 atom stereocenters. The molecule has 1 saturated heterocycles. The Morgan fingerprint density at radius 2 is 1.59 bits per heavy atom. The van der Waals surface area contributed by atoms with Crippen LogP contribution in [0, 0.1) is 0 Å². The standard InChI is InChI=1S/C25H30N4O2S/c1-25(2)21-9-4-6-11-23(21)32(30,31)29(25)15-7-14-27-16-18-28(19-17-27)24-13-12-20-8-3-5-10-22(20)26-24/h3-6,8-13H,7,14-19H2,1-2H3. The van der Waals surface area contributed by atoms with Gasteiger partial charge in [-0.1, -0.05) is 36.4 Å². The maximum atomic E-state index is 13.1. The average Bonchev–Trinajstić information content (AvgIpc) is 2.96. The van der Waals surface area contributed by atoms with Crippen molar-refractivity contribution in [1.29, 1.82) is 0 Å². The summed E-state index contributed by atoms with van der Waals surface area (Å²) in [4.78, 5) is 10.1. The van der Waals surface area contributed by atoms with Crippen LogP contribution in [-0.4, -0.2) is 61.9 Å². The molecule has 0 N–H and O–H groups in total. The van der Waals surface area contributed by atoms with Crippen LogP contribution in [0.2, 0.25) is 0 Å². The average molecular weight is 451 g/mol. The van der Waals surface area contributed by atoms with E-state index in [1.807, 2.05) is 38.1 Å². The molecule has 0 aliphatic carbocycles. The molecule has 0 unspecified atom stereocenters. The fraction of sp³-hybridized carbons (Fsp3) is 0.400. The Morgan fingerprint density at radius 1 is 0.875 bits per heavy atom. The van der Waals surface area contributed by atoms with Crippen molar-refractivity contribution in [3.63, 3.8) is 0 Å². The highest BCUT2D eigenvalue weighted by molar-refractivity contribution is 7.89. The Hall–Kier alpha value is -2.48. The molecular weight excluding hydrogens is 420 g/mol. The van der Waals surface area contributed by atoms with Crippen molar-refractivity contribution in [3.8, 4) is 0 Å². The number of hydrogen-bond acceptors (Lipinski definition) is 5. The molecule has 2 aromatic carbocycles. The molecule has 0 bridgehead atoms. The van der Waals surface area contributed by atoms with E-state index in [-0.39, 0.29) is 0 Å². The first-order valence-corrected chi connectivity index (χ1v) is 12.8. The van der Waals surface area contributed by atoms with Crippen LogP contribution in [0.1, 0.15) is 25.8 Å². The zero-order valence-corrected chi connectivity index (χ0v) is 19.6. The molecule has 168 valence electrons. The molecule has 0 saturated carbocycles. The lowest BCUT2D eigenvalue weighted by molar-refractivity contribution is 0.209. The summed E-state index contributed by atoms with van der Waals surface area (Å²) >= 11 is 0. The first kappa shape index (κ1) is 21.4. The summed E-state index contributed by atoms with van der Waals surface area (Å²) in [6.07, 6.45) is 0.824. The van der Waals surface area contributed by atoms with Crippen molar-refractivity contribution in [2.75, 3.05) is 44.2 Å². The van der Waals surface area contributed by atoms with Crippen LogP contribution in [0.5, 0.6) is 0 Å². The number of nitrogens with zero attached hydrogens (tertiary/aromatic N) is 4. The van der Waals surface area contributed by atoms with Crippen LogP contribution >= 0.6 is 0 Å². The van der Waals surface area contributed by atoms with E-state index in [4.69, 9.17) is 4.98 Å². The Morgan fingerprint density at radius 3 is 2.38 bits per heavy atom. The van der Waals surface area contributed by atoms with Crippen LogP contribution in [0.4, 0.5) is 5.82 Å². The summed E-state index contributed by atoms with van der Waals surface area (Å²) in [6.45, 7) is 9.25. The summed E-state index contributed by atoms with van der Waals surface area (Å²) in [6, 6.07) is 19.8. The lowest BCUT2D eigenvalue weighted by atomic mass is 9.94. The number of sulfonamides is 1. The normalized spacial score (nSPS) is 20.5. The van der Waals surface area contributed by atoms with Crippen LogP contribution in [-0.2, 0) is 15.6 Å². The predicted octanol–water partition coefficient (Wildman–Crippen LogP) is 3.69. The fourth-order valence-corrected chi connectivity index (χ4v) is 7.17. The minimum absolute atomic E-state index is 0.460. The van der Waals surface area contributed by atoms with E-state index in [1.54, 1.807) is 16.4 Å². The fourth-order valence-electron chi connectivity index (χ4n) is 5.02. The van der Waals surface area contributed by atoms with Gasteiger partial charge in [0.1, 0.15) is 5.82 Å². The van der Waals surface area contributed by atoms with Gasteiger partial charge in [-0.3, -0.25) is 4.90 Å². The summed E-state index contributed by atoms with van der Waals surface area (Å²) < 4.78 is 27.8. The van der Waals surface area contributed by atoms with E-state index >= 15 is 0 Å². The molecule has 2 aliphatic heterocycles. The van der Waals surface area contributed by atoms with Gasteiger partial charge in [-0.25, -0.2) is 13.4 Å². The third-order valence-corrected chi connectivity index (χ3v) is 8.98. The molecule has 0 spiro atoms. The lowest BCUT2D eigenvalue weighted by Gasteiger charge is -2.36. The number of para-hydroxylation sites is 1. The van der Waals surface area contributed by atoms with Gasteiger partial charge >= 0.3 is 0 Å². The number of hydrogen-bond donors (Lipinski definition) is 0. The maximum absolute atomic E-state index is 13.1. The smallest absolute Gasteiger partial charge is 0.244 e. The van der Waals surface area contributed by atoms with Gasteiger partial charge in [0.2, 0.25) is 10.0 Å². The number of benzene rings is 2. The SMILES string of the molecule is CC1(C)c2ccccc2S(=O)(=O)N1CCCN1CCN(c2ccc3ccccc3n2)CC1. The topological polar surface area (TPSA) is 56.8 Å². The highest BCUT2D eigenvalue weighted by Crippen LogP contribution is 2.43. The quantitative estimate of drug-likeness (QED) is 0.593. The van der Waals surface area contributed by atoms with Gasteiger partial charge < -0.3 is 4.90 Å². The minimum Gasteiger partial charge on any atom is -0.354 e. The first-order valence-electron chi connectivity index (χ1n) is 11.3. The third-order valence-electron chi connectivity index (χ3n) is 6.85. The van der Waals surface area contributed by atoms with Gasteiger partial charge in [0.15, 0.2) is 0 Å². The van der Waals surface area contributed by atoms with E-state index in [0.29, 0.717) is 11.4 Å². The van der Waals surface area contributed by atoms with Crippen LogP contribution in [0.3, 0.4) is 0 Å². The number of pyridine rings is 1. The molecule has 3 heterocycles. The zero-order valence-electron chi connectivity index (χ0n) is 18.7. The summed E-state index contributed by atoms with van der Waals surface area (Å²) in [5.41, 5.74) is 1.43. The van der Waals surface area contributed by atoms with E-state index in [9.17, 15) is 8.42 Å². The van der Waals surface area contributed by atoms with Gasteiger partial charge in [0.05, 0.1) is 16.0 Å². The van der Waals surface area contributed by atoms with E-state index in [0.717, 1.165) is 61.4 Å². The van der Waals surface area contributed by atoms with Crippen molar-refractivity contribution in [1.82, 2.24) is 14.2 Å². The Balaban J connectivity index is 1.17. The Labute approximate surface area is 190 Å². The zero-order chi connectivity index (χ0) is 22.3. The molecule has 5 rings (SSSR count). The van der Waals surface area contributed by atoms with Crippen molar-refractivity contribution in [2.45, 2.75) is 30.7 Å². The number of anilines is 1. The highest BCUT2D eigenvalue weighted by atomic mass is 32.2. The van der Waals surface area contributed by atoms with Gasteiger partial charge in [0.25, 0.3) is 0 Å². The monoisotopic (exact) mass is 450 g/mol. The maximum Gasteiger partial charge on any atom is 0.244 e. The number of aromatic nitrogens is 1. The van der Waals surface area contributed by atoms with Crippen LogP contribution in [0.25, 0.3) is 10.9 Å². The second-order valence-electron chi connectivity index (χ2n) is 9.18. The Kier molecular flexibility index (Phi) is 5.43. The van der Waals surface area contributed by atoms with Crippen molar-refractivity contribution >= 4 is 26.7 Å². The van der Waals surface area contributed by atoms with E-state index in [1.165, 1.54) is 0 Å². The molecule has 32 heavy (non-hydrogen) atoms. The van der Waals surface area contributed by atoms with Gasteiger partial charge in [-0.2, -0.15) is 4.31 Å². The molecule has 1 fully saturated rings. The summed E-state index contributed by atoms with van der Waals surface area (Å²) in [7, 11) is -3.42. The summed E-state index contributed by atoms with van der Waals surface area (Å²) in [5.74, 6) is 1.03. The first-order chi connectivity index (χ1) is 15.4. The molecule has 6 nitrogen and oxygen atoms in total. The molecular formula is C25H30N4O2S. The second-order valence-corrected chi connectivity index (χ2v) is 11.0. The van der Waals surface area contributed by atoms with Gasteiger partial charge in [-0.15, -0.1) is 0 Å². The molecule has 3 aromatic rings. The highest BCUT2D eigenvalue weighted by Gasteiger charge is 2.47. The predicted molar refractivity (Wildman–Crippen MR) is 128 cm³/mol. The van der Waals surface area contributed by atoms with Crippen molar-refractivity contribution in [3.05, 3.63) is 66.2 Å². The number of fused-ring (bicyclic) bond motifs is 2. The van der Waals surface area contributed by atoms with E-state index in [2.05, 4.69) is 34.1 Å². The number of piperazine rings is 1. The molecule has 1 aromatic heterocycles. The van der Waals surface area contributed by atoms with Gasteiger partial charge in [0, 0.05) is 38.1 Å². The summed E-state index contributed by atoms with van der Waals surface area (Å²) in [5, 5.41) is 1.16. The van der Waals surface area contributed by atoms with Crippen molar-refractivity contribution < 1.29 is 8.42 Å². The third kappa shape index (κ3) is 3.68. The number of rotatable bonds is 5. The minimum atomic E-state index is -3.42. The second kappa shape index (κ2) is 8.14. The lowest BCUT2D eigenvalue weighted by Crippen LogP contribution is -2.47. The van der Waals surface area contributed by atoms with E-state index < -0.39 is 15.6 Å². The molecule has 0 radical (unpaired) electrons. The Bertz CT molecular complexity index is 1230. The molecule has 0 amide bonds. The van der Waals surface area contributed by atoms with Gasteiger partial charge in [-0.05, 0) is 56.6 Å². The van der Waals surface area contributed by atoms with Crippen LogP contribution < -0.4 is 4.90 Å². The molecule has 2 aliphatic rings. The van der Waals surface area contributed by atoms with Crippen molar-refractivity contribution in [2.24, 2.45) is 0 Å². The van der Waals surface area contributed by atoms with Crippen LogP contribution in [0.15, 0.2) is 65.6 Å².